The van der Waals surface area contributed by atoms with Crippen molar-refractivity contribution in [2.75, 3.05) is 26.2 Å². The molecule has 0 spiro atoms. The van der Waals surface area contributed by atoms with Crippen LogP contribution in [0.1, 0.15) is 18.9 Å². The van der Waals surface area contributed by atoms with Crippen LogP contribution in [0.4, 0.5) is 9.18 Å². The Morgan fingerprint density at radius 2 is 2.28 bits per heavy atom. The van der Waals surface area contributed by atoms with Crippen LogP contribution < -0.4 is 0 Å². The van der Waals surface area contributed by atoms with Crippen molar-refractivity contribution in [1.29, 1.82) is 0 Å². The second-order valence-corrected chi connectivity index (χ2v) is 5.93. The maximum absolute atomic E-state index is 13.4. The van der Waals surface area contributed by atoms with E-state index in [4.69, 9.17) is 9.47 Å². The van der Waals surface area contributed by atoms with Crippen LogP contribution in [-0.2, 0) is 15.9 Å². The number of carbonyl (C=O) groups is 1. The van der Waals surface area contributed by atoms with Crippen molar-refractivity contribution < 1.29 is 23.8 Å². The van der Waals surface area contributed by atoms with Gasteiger partial charge in [0.2, 0.25) is 0 Å². The molecule has 0 saturated carbocycles. The molecule has 6 nitrogen and oxygen atoms in total. The van der Waals surface area contributed by atoms with Gasteiger partial charge in [0.1, 0.15) is 11.6 Å². The molecule has 0 amide bonds. The zero-order valence-corrected chi connectivity index (χ0v) is 14.0. The van der Waals surface area contributed by atoms with Gasteiger partial charge in [-0.05, 0) is 37.1 Å². The van der Waals surface area contributed by atoms with Gasteiger partial charge in [-0.25, -0.2) is 9.18 Å². The first kappa shape index (κ1) is 17.3. The second kappa shape index (κ2) is 7.57. The third-order valence-corrected chi connectivity index (χ3v) is 4.25. The predicted molar refractivity (Wildman–Crippen MR) is 90.8 cm³/mol. The fourth-order valence-electron chi connectivity index (χ4n) is 2.94. The highest BCUT2D eigenvalue weighted by Gasteiger charge is 2.22. The summed E-state index contributed by atoms with van der Waals surface area (Å²) in [6.45, 7) is 3.60. The first-order valence-electron chi connectivity index (χ1n) is 8.30. The Morgan fingerprint density at radius 3 is 3.08 bits per heavy atom. The van der Waals surface area contributed by atoms with Crippen LogP contribution in [0.25, 0.3) is 10.9 Å². The van der Waals surface area contributed by atoms with Gasteiger partial charge in [-0.3, -0.25) is 4.90 Å². The average molecular weight is 348 g/mol. The number of carbonyl (C=O) groups excluding carboxylic acids is 1. The summed E-state index contributed by atoms with van der Waals surface area (Å²) in [5, 5.41) is 10.8. The first-order valence-corrected chi connectivity index (χ1v) is 8.30. The van der Waals surface area contributed by atoms with Crippen LogP contribution in [0.3, 0.4) is 0 Å². The van der Waals surface area contributed by atoms with Crippen molar-refractivity contribution in [2.45, 2.75) is 19.8 Å². The molecule has 25 heavy (non-hydrogen) atoms. The van der Waals surface area contributed by atoms with Crippen molar-refractivity contribution >= 4 is 17.1 Å². The number of aliphatic hydroxyl groups excluding tert-OH is 1. The molecule has 0 bridgehead atoms. The number of halogens is 1. The maximum Gasteiger partial charge on any atom is 0.513 e. The molecular formula is C18H21FN2O4. The Kier molecular flexibility index (Phi) is 5.23. The van der Waals surface area contributed by atoms with Gasteiger partial charge >= 0.3 is 6.16 Å². The van der Waals surface area contributed by atoms with E-state index in [1.807, 2.05) is 6.20 Å². The minimum Gasteiger partial charge on any atom is -0.509 e. The van der Waals surface area contributed by atoms with E-state index in [1.165, 1.54) is 12.1 Å². The molecule has 7 heteroatoms. The predicted octanol–water partition coefficient (Wildman–Crippen LogP) is 3.50. The third kappa shape index (κ3) is 4.11. The maximum atomic E-state index is 13.4. The molecule has 1 aliphatic rings. The van der Waals surface area contributed by atoms with Gasteiger partial charge in [0.25, 0.3) is 0 Å². The minimum absolute atomic E-state index is 0.0819. The van der Waals surface area contributed by atoms with E-state index in [9.17, 15) is 14.3 Å². The van der Waals surface area contributed by atoms with Gasteiger partial charge in [0.05, 0.1) is 13.2 Å². The number of aromatic amines is 1. The molecule has 1 aromatic heterocycles. The van der Waals surface area contributed by atoms with Gasteiger partial charge in [-0.2, -0.15) is 0 Å². The highest BCUT2D eigenvalue weighted by Crippen LogP contribution is 2.22. The van der Waals surface area contributed by atoms with E-state index in [0.717, 1.165) is 22.9 Å². The molecule has 0 unspecified atom stereocenters. The van der Waals surface area contributed by atoms with Gasteiger partial charge in [-0.1, -0.05) is 0 Å². The molecule has 0 aliphatic carbocycles. The Balaban J connectivity index is 1.62. The molecule has 0 atom stereocenters. The van der Waals surface area contributed by atoms with E-state index in [0.29, 0.717) is 26.1 Å². The summed E-state index contributed by atoms with van der Waals surface area (Å²) in [7, 11) is 0. The van der Waals surface area contributed by atoms with E-state index in [2.05, 4.69) is 9.88 Å². The Labute approximate surface area is 144 Å². The lowest BCUT2D eigenvalue weighted by molar-refractivity contribution is 0.0663. The number of nitrogens with one attached hydrogen (secondary N) is 1. The van der Waals surface area contributed by atoms with Crippen LogP contribution in [0.5, 0.6) is 0 Å². The number of aromatic nitrogens is 1. The lowest BCUT2D eigenvalue weighted by Gasteiger charge is -2.27. The van der Waals surface area contributed by atoms with Crippen LogP contribution in [0.2, 0.25) is 0 Å². The summed E-state index contributed by atoms with van der Waals surface area (Å²) < 4.78 is 23.3. The van der Waals surface area contributed by atoms with Crippen LogP contribution in [-0.4, -0.2) is 47.4 Å². The molecule has 2 N–H and O–H groups in total. The monoisotopic (exact) mass is 348 g/mol. The van der Waals surface area contributed by atoms with Gasteiger partial charge in [0.15, 0.2) is 5.76 Å². The lowest BCUT2D eigenvalue weighted by atomic mass is 10.1. The Hall–Kier alpha value is -2.54. The molecule has 0 fully saturated rings. The van der Waals surface area contributed by atoms with Crippen molar-refractivity contribution in [3.05, 3.63) is 47.3 Å². The Bertz CT molecular complexity index is 799. The summed E-state index contributed by atoms with van der Waals surface area (Å²) in [5.74, 6) is 0.0532. The number of fused-ring (bicyclic) bond motifs is 1. The zero-order chi connectivity index (χ0) is 17.8. The fraction of sp³-hybridized carbons (Fsp3) is 0.389. The summed E-state index contributed by atoms with van der Waals surface area (Å²) in [6.07, 6.45) is 2.21. The standard InChI is InChI=1S/C18H21FN2O4/c1-2-24-18(23)25-17-11-21(8-6-16(17)22)7-5-12-10-20-15-4-3-13(19)9-14(12)15/h3-4,9-10,20,22H,2,5-8,11H2,1H3. The number of H-pyrrole nitrogens is 1. The number of hydrogen-bond acceptors (Lipinski definition) is 5. The van der Waals surface area contributed by atoms with Crippen molar-refractivity contribution in [3.8, 4) is 0 Å². The highest BCUT2D eigenvalue weighted by atomic mass is 19.1. The third-order valence-electron chi connectivity index (χ3n) is 4.25. The van der Waals surface area contributed by atoms with E-state index >= 15 is 0 Å². The topological polar surface area (TPSA) is 74.8 Å². The van der Waals surface area contributed by atoms with E-state index < -0.39 is 6.16 Å². The lowest BCUT2D eigenvalue weighted by Crippen LogP contribution is -2.34. The van der Waals surface area contributed by atoms with E-state index in [-0.39, 0.29) is 23.9 Å². The molecule has 3 rings (SSSR count). The highest BCUT2D eigenvalue weighted by molar-refractivity contribution is 5.83. The van der Waals surface area contributed by atoms with Crippen molar-refractivity contribution in [3.63, 3.8) is 0 Å². The van der Waals surface area contributed by atoms with Crippen molar-refractivity contribution in [2.24, 2.45) is 0 Å². The molecule has 134 valence electrons. The molecule has 2 aromatic rings. The summed E-state index contributed by atoms with van der Waals surface area (Å²) >= 11 is 0. The second-order valence-electron chi connectivity index (χ2n) is 5.93. The molecule has 1 aromatic carbocycles. The largest absolute Gasteiger partial charge is 0.513 e. The smallest absolute Gasteiger partial charge is 0.509 e. The van der Waals surface area contributed by atoms with Gasteiger partial charge < -0.3 is 19.6 Å². The van der Waals surface area contributed by atoms with Crippen LogP contribution >= 0.6 is 0 Å². The number of ether oxygens (including phenoxy) is 2. The molecule has 2 heterocycles. The summed E-state index contributed by atoms with van der Waals surface area (Å²) in [4.78, 5) is 16.7. The zero-order valence-electron chi connectivity index (χ0n) is 14.0. The normalized spacial score (nSPS) is 15.6. The molecule has 0 saturated heterocycles. The number of hydrogen-bond donors (Lipinski definition) is 2. The van der Waals surface area contributed by atoms with Crippen molar-refractivity contribution in [1.82, 2.24) is 9.88 Å². The number of aliphatic hydroxyl groups is 1. The summed E-state index contributed by atoms with van der Waals surface area (Å²) in [5.41, 5.74) is 1.93. The van der Waals surface area contributed by atoms with Gasteiger partial charge in [0, 0.05) is 36.6 Å². The molecular weight excluding hydrogens is 327 g/mol. The minimum atomic E-state index is -0.807. The SMILES string of the molecule is CCOC(=O)OC1=C(O)CCN(CCc2c[nH]c3ccc(F)cc23)C1. The fourth-order valence-corrected chi connectivity index (χ4v) is 2.94. The van der Waals surface area contributed by atoms with Crippen LogP contribution in [0, 0.1) is 5.82 Å². The number of nitrogens with zero attached hydrogens (tertiary/aromatic N) is 1. The van der Waals surface area contributed by atoms with Gasteiger partial charge in [-0.15, -0.1) is 0 Å². The first-order chi connectivity index (χ1) is 12.1. The quantitative estimate of drug-likeness (QED) is 0.809. The summed E-state index contributed by atoms with van der Waals surface area (Å²) in [6, 6.07) is 4.68. The molecule has 0 radical (unpaired) electrons. The number of rotatable bonds is 5. The van der Waals surface area contributed by atoms with Crippen LogP contribution in [0.15, 0.2) is 35.9 Å². The Morgan fingerprint density at radius 1 is 1.44 bits per heavy atom. The average Bonchev–Trinajstić information content (AvgIpc) is 2.98. The number of benzene rings is 1. The van der Waals surface area contributed by atoms with E-state index in [1.54, 1.807) is 13.0 Å². The molecule has 1 aliphatic heterocycles.